The Morgan fingerprint density at radius 1 is 1.30 bits per heavy atom. The second-order valence-electron chi connectivity index (χ2n) is 3.99. The van der Waals surface area contributed by atoms with Crippen LogP contribution in [0.4, 0.5) is 5.69 Å². The van der Waals surface area contributed by atoms with E-state index in [4.69, 9.17) is 9.52 Å². The van der Waals surface area contributed by atoms with Crippen molar-refractivity contribution in [2.45, 2.75) is 12.0 Å². The van der Waals surface area contributed by atoms with Gasteiger partial charge < -0.3 is 9.52 Å². The Morgan fingerprint density at radius 3 is 2.55 bits per heavy atom. The molecule has 0 radical (unpaired) electrons. The molecule has 0 aliphatic carbocycles. The molecule has 2 aromatic rings. The zero-order valence-electron chi connectivity index (χ0n) is 10.3. The number of hydrogen-bond donors (Lipinski definition) is 2. The van der Waals surface area contributed by atoms with Gasteiger partial charge in [0, 0.05) is 9.26 Å². The number of hydrogen-bond acceptors (Lipinski definition) is 4. The molecule has 0 saturated heterocycles. The number of carboxylic acids is 1. The van der Waals surface area contributed by atoms with Crippen molar-refractivity contribution in [3.8, 4) is 0 Å². The Balaban J connectivity index is 2.30. The van der Waals surface area contributed by atoms with E-state index in [0.717, 1.165) is 21.3 Å². The molecule has 0 spiro atoms. The molecule has 0 saturated carbocycles. The van der Waals surface area contributed by atoms with E-state index < -0.39 is 26.8 Å². The van der Waals surface area contributed by atoms with Crippen molar-refractivity contribution in [3.05, 3.63) is 45.2 Å². The Labute approximate surface area is 129 Å². The first kappa shape index (κ1) is 14.9. The Hall–Kier alpha value is -1.55. The Bertz CT molecular complexity index is 766. The Morgan fingerprint density at radius 2 is 2.00 bits per heavy atom. The van der Waals surface area contributed by atoms with Gasteiger partial charge in [-0.15, -0.1) is 0 Å². The highest BCUT2D eigenvalue weighted by Gasteiger charge is 2.21. The molecule has 6 nitrogen and oxygen atoms in total. The van der Waals surface area contributed by atoms with E-state index >= 15 is 0 Å². The number of aromatic carboxylic acids is 1. The fraction of sp³-hybridized carbons (Fsp3) is 0.0833. The van der Waals surface area contributed by atoms with Crippen LogP contribution in [-0.4, -0.2) is 19.5 Å². The van der Waals surface area contributed by atoms with Gasteiger partial charge in [0.1, 0.15) is 0 Å². The van der Waals surface area contributed by atoms with Crippen LogP contribution in [0.1, 0.15) is 16.1 Å². The van der Waals surface area contributed by atoms with Crippen LogP contribution in [0.3, 0.4) is 0 Å². The van der Waals surface area contributed by atoms with Crippen molar-refractivity contribution in [2.75, 3.05) is 4.72 Å². The third kappa shape index (κ3) is 3.12. The van der Waals surface area contributed by atoms with Crippen molar-refractivity contribution >= 4 is 44.3 Å². The third-order valence-corrected chi connectivity index (χ3v) is 4.90. The summed E-state index contributed by atoms with van der Waals surface area (Å²) in [4.78, 5) is 10.7. The summed E-state index contributed by atoms with van der Waals surface area (Å²) in [7, 11) is -3.94. The number of aryl methyl sites for hydroxylation is 1. The number of sulfonamides is 1. The minimum Gasteiger partial charge on any atom is -0.475 e. The molecule has 1 aromatic heterocycles. The average Bonchev–Trinajstić information content (AvgIpc) is 2.84. The highest BCUT2D eigenvalue weighted by atomic mass is 127. The standard InChI is InChI=1S/C12H10INO5S/c1-7-2-3-8(6-9(7)13)14-20(17,18)11-5-4-10(19-11)12(15)16/h2-6,14H,1H3,(H,15,16). The first-order valence-corrected chi connectivity index (χ1v) is 7.98. The van der Waals surface area contributed by atoms with Crippen molar-refractivity contribution in [2.24, 2.45) is 0 Å². The van der Waals surface area contributed by atoms with Gasteiger partial charge in [0.2, 0.25) is 10.9 Å². The van der Waals surface area contributed by atoms with E-state index in [1.807, 2.05) is 6.92 Å². The Kier molecular flexibility index (Phi) is 4.04. The molecule has 0 aliphatic heterocycles. The molecule has 0 fully saturated rings. The van der Waals surface area contributed by atoms with E-state index in [9.17, 15) is 13.2 Å². The number of nitrogens with one attached hydrogen (secondary N) is 1. The second-order valence-corrected chi connectivity index (χ2v) is 6.77. The topological polar surface area (TPSA) is 96.6 Å². The lowest BCUT2D eigenvalue weighted by molar-refractivity contribution is 0.0656. The second kappa shape index (κ2) is 5.44. The van der Waals surface area contributed by atoms with E-state index in [1.165, 1.54) is 0 Å². The number of benzene rings is 1. The normalized spacial score (nSPS) is 11.3. The highest BCUT2D eigenvalue weighted by Crippen LogP contribution is 2.21. The van der Waals surface area contributed by atoms with Crippen LogP contribution >= 0.6 is 22.6 Å². The van der Waals surface area contributed by atoms with Crippen LogP contribution in [0.2, 0.25) is 0 Å². The summed E-state index contributed by atoms with van der Waals surface area (Å²) in [5.74, 6) is -1.75. The SMILES string of the molecule is Cc1ccc(NS(=O)(=O)c2ccc(C(=O)O)o2)cc1I. The molecule has 106 valence electrons. The van der Waals surface area contributed by atoms with Gasteiger partial charge in [-0.2, -0.15) is 8.42 Å². The maximum Gasteiger partial charge on any atom is 0.371 e. The van der Waals surface area contributed by atoms with Crippen LogP contribution in [0.5, 0.6) is 0 Å². The molecule has 0 atom stereocenters. The minimum absolute atomic E-state index is 0.383. The number of furan rings is 1. The average molecular weight is 407 g/mol. The fourth-order valence-corrected chi connectivity index (χ4v) is 2.94. The summed E-state index contributed by atoms with van der Waals surface area (Å²) in [6, 6.07) is 7.27. The lowest BCUT2D eigenvalue weighted by Gasteiger charge is -2.07. The quantitative estimate of drug-likeness (QED) is 0.760. The first-order chi connectivity index (χ1) is 9.29. The van der Waals surface area contributed by atoms with Gasteiger partial charge in [-0.25, -0.2) is 4.79 Å². The van der Waals surface area contributed by atoms with Gasteiger partial charge in [0.05, 0.1) is 0 Å². The molecule has 1 heterocycles. The summed E-state index contributed by atoms with van der Waals surface area (Å²) in [5.41, 5.74) is 1.41. The van der Waals surface area contributed by atoms with E-state index in [-0.39, 0.29) is 0 Å². The van der Waals surface area contributed by atoms with Gasteiger partial charge in [0.25, 0.3) is 10.0 Å². The summed E-state index contributed by atoms with van der Waals surface area (Å²) in [5, 5.41) is 8.27. The number of carboxylic acid groups (broad SMARTS) is 1. The molecule has 2 N–H and O–H groups in total. The molecule has 0 unspecified atom stereocenters. The smallest absolute Gasteiger partial charge is 0.371 e. The zero-order chi connectivity index (χ0) is 14.9. The lowest BCUT2D eigenvalue weighted by Crippen LogP contribution is -2.12. The summed E-state index contributed by atoms with van der Waals surface area (Å²) < 4.78 is 32.1. The molecule has 8 heteroatoms. The van der Waals surface area contributed by atoms with E-state index in [1.54, 1.807) is 18.2 Å². The van der Waals surface area contributed by atoms with Gasteiger partial charge in [-0.05, 0) is 59.3 Å². The summed E-state index contributed by atoms with van der Waals surface area (Å²) in [6.07, 6.45) is 0. The predicted molar refractivity (Wildman–Crippen MR) is 80.4 cm³/mol. The van der Waals surface area contributed by atoms with Crippen LogP contribution in [-0.2, 0) is 10.0 Å². The molecule has 2 rings (SSSR count). The molecular weight excluding hydrogens is 397 g/mol. The van der Waals surface area contributed by atoms with Gasteiger partial charge >= 0.3 is 5.97 Å². The van der Waals surface area contributed by atoms with Gasteiger partial charge in [-0.3, -0.25) is 4.72 Å². The maximum absolute atomic E-state index is 12.0. The fourth-order valence-electron chi connectivity index (χ4n) is 1.44. The molecule has 0 amide bonds. The molecular formula is C12H10INO5S. The third-order valence-electron chi connectivity index (χ3n) is 2.48. The summed E-state index contributed by atoms with van der Waals surface area (Å²) in [6.45, 7) is 1.91. The van der Waals surface area contributed by atoms with Crippen LogP contribution in [0, 0.1) is 10.5 Å². The maximum atomic E-state index is 12.0. The van der Waals surface area contributed by atoms with Gasteiger partial charge in [0.15, 0.2) is 0 Å². The molecule has 1 aromatic carbocycles. The minimum atomic E-state index is -3.94. The van der Waals surface area contributed by atoms with Crippen LogP contribution in [0.15, 0.2) is 39.8 Å². The number of halogens is 1. The summed E-state index contributed by atoms with van der Waals surface area (Å²) >= 11 is 2.09. The number of rotatable bonds is 4. The number of carbonyl (C=O) groups is 1. The molecule has 0 aliphatic rings. The predicted octanol–water partition coefficient (Wildman–Crippen LogP) is 2.69. The van der Waals surface area contributed by atoms with E-state index in [2.05, 4.69) is 27.3 Å². The van der Waals surface area contributed by atoms with E-state index in [0.29, 0.717) is 5.69 Å². The number of anilines is 1. The monoisotopic (exact) mass is 407 g/mol. The van der Waals surface area contributed by atoms with Crippen molar-refractivity contribution in [1.82, 2.24) is 0 Å². The van der Waals surface area contributed by atoms with Crippen molar-refractivity contribution < 1.29 is 22.7 Å². The molecule has 0 bridgehead atoms. The largest absolute Gasteiger partial charge is 0.475 e. The van der Waals surface area contributed by atoms with Gasteiger partial charge in [-0.1, -0.05) is 6.07 Å². The van der Waals surface area contributed by atoms with Crippen LogP contribution in [0.25, 0.3) is 0 Å². The van der Waals surface area contributed by atoms with Crippen molar-refractivity contribution in [3.63, 3.8) is 0 Å². The van der Waals surface area contributed by atoms with Crippen LogP contribution < -0.4 is 4.72 Å². The first-order valence-electron chi connectivity index (χ1n) is 5.42. The molecule has 20 heavy (non-hydrogen) atoms. The highest BCUT2D eigenvalue weighted by molar-refractivity contribution is 14.1. The zero-order valence-corrected chi connectivity index (χ0v) is 13.2. The lowest BCUT2D eigenvalue weighted by atomic mass is 10.2. The van der Waals surface area contributed by atoms with Crippen molar-refractivity contribution in [1.29, 1.82) is 0 Å².